The maximum Gasteiger partial charge on any atom is 0.0590 e. The van der Waals surface area contributed by atoms with Crippen LogP contribution in [0.3, 0.4) is 0 Å². The van der Waals surface area contributed by atoms with Gasteiger partial charge in [-0.25, -0.2) is 0 Å². The lowest BCUT2D eigenvalue weighted by Gasteiger charge is -2.41. The van der Waals surface area contributed by atoms with Crippen LogP contribution < -0.4 is 5.73 Å². The van der Waals surface area contributed by atoms with Crippen molar-refractivity contribution >= 4 is 0 Å². The van der Waals surface area contributed by atoms with Crippen molar-refractivity contribution in [1.29, 1.82) is 0 Å². The summed E-state index contributed by atoms with van der Waals surface area (Å²) in [6.07, 6.45) is 5.12. The van der Waals surface area contributed by atoms with Gasteiger partial charge in [-0.2, -0.15) is 0 Å². The fourth-order valence-corrected chi connectivity index (χ4v) is 2.43. The van der Waals surface area contributed by atoms with Crippen LogP contribution in [-0.4, -0.2) is 43.3 Å². The maximum atomic E-state index is 6.05. The third-order valence-corrected chi connectivity index (χ3v) is 3.92. The van der Waals surface area contributed by atoms with Gasteiger partial charge >= 0.3 is 0 Å². The van der Waals surface area contributed by atoms with Gasteiger partial charge in [-0.3, -0.25) is 4.90 Å². The molecule has 0 saturated heterocycles. The van der Waals surface area contributed by atoms with Gasteiger partial charge in [0.25, 0.3) is 0 Å². The van der Waals surface area contributed by atoms with Crippen molar-refractivity contribution in [3.05, 3.63) is 0 Å². The van der Waals surface area contributed by atoms with Gasteiger partial charge in [-0.05, 0) is 38.5 Å². The standard InChI is InChI=1S/C14H30N2O/c1-12(2)7-8-14(3,11-15)16(9-10-17-4)13-5-6-13/h12-13H,5-11,15H2,1-4H3. The molecule has 1 aliphatic carbocycles. The highest BCUT2D eigenvalue weighted by Gasteiger charge is 2.39. The molecule has 0 aromatic rings. The van der Waals surface area contributed by atoms with Gasteiger partial charge < -0.3 is 10.5 Å². The molecule has 0 aromatic carbocycles. The molecule has 102 valence electrons. The Bertz CT molecular complexity index is 216. The SMILES string of the molecule is COCCN(C1CC1)C(C)(CN)CCC(C)C. The quantitative estimate of drug-likeness (QED) is 0.674. The largest absolute Gasteiger partial charge is 0.383 e. The van der Waals surface area contributed by atoms with Gasteiger partial charge in [-0.1, -0.05) is 13.8 Å². The zero-order chi connectivity index (χ0) is 12.9. The van der Waals surface area contributed by atoms with Gasteiger partial charge in [0.1, 0.15) is 0 Å². The Hall–Kier alpha value is -0.120. The Kier molecular flexibility index (Phi) is 5.90. The van der Waals surface area contributed by atoms with E-state index < -0.39 is 0 Å². The molecule has 3 heteroatoms. The van der Waals surface area contributed by atoms with Gasteiger partial charge in [0.2, 0.25) is 0 Å². The Morgan fingerprint density at radius 1 is 1.41 bits per heavy atom. The number of hydrogen-bond donors (Lipinski definition) is 1. The fraction of sp³-hybridized carbons (Fsp3) is 1.00. The number of rotatable bonds is 9. The first-order valence-electron chi connectivity index (χ1n) is 6.99. The number of hydrogen-bond acceptors (Lipinski definition) is 3. The number of methoxy groups -OCH3 is 1. The average Bonchev–Trinajstić information content (AvgIpc) is 3.11. The monoisotopic (exact) mass is 242 g/mol. The maximum absolute atomic E-state index is 6.05. The molecule has 2 N–H and O–H groups in total. The molecule has 0 bridgehead atoms. The van der Waals surface area contributed by atoms with E-state index in [0.29, 0.717) is 0 Å². The second-order valence-electron chi connectivity index (χ2n) is 6.05. The van der Waals surface area contributed by atoms with Crippen LogP contribution in [0.5, 0.6) is 0 Å². The van der Waals surface area contributed by atoms with Crippen molar-refractivity contribution in [3.63, 3.8) is 0 Å². The number of ether oxygens (including phenoxy) is 1. The van der Waals surface area contributed by atoms with Crippen LogP contribution >= 0.6 is 0 Å². The van der Waals surface area contributed by atoms with Crippen LogP contribution in [-0.2, 0) is 4.74 Å². The van der Waals surface area contributed by atoms with Crippen LogP contribution in [0.4, 0.5) is 0 Å². The van der Waals surface area contributed by atoms with Crippen molar-refractivity contribution in [2.45, 2.75) is 58.0 Å². The highest BCUT2D eigenvalue weighted by atomic mass is 16.5. The van der Waals surface area contributed by atoms with Crippen molar-refractivity contribution in [2.24, 2.45) is 11.7 Å². The highest BCUT2D eigenvalue weighted by molar-refractivity contribution is 4.96. The molecular formula is C14H30N2O. The molecule has 0 aromatic heterocycles. The second kappa shape index (κ2) is 6.72. The minimum Gasteiger partial charge on any atom is -0.383 e. The summed E-state index contributed by atoms with van der Waals surface area (Å²) in [5.74, 6) is 0.754. The van der Waals surface area contributed by atoms with Crippen molar-refractivity contribution in [2.75, 3.05) is 26.8 Å². The van der Waals surface area contributed by atoms with Gasteiger partial charge in [0.15, 0.2) is 0 Å². The van der Waals surface area contributed by atoms with E-state index >= 15 is 0 Å². The summed E-state index contributed by atoms with van der Waals surface area (Å²) in [6, 6.07) is 0.755. The van der Waals surface area contributed by atoms with Crippen molar-refractivity contribution in [3.8, 4) is 0 Å². The first-order chi connectivity index (χ1) is 8.03. The van der Waals surface area contributed by atoms with E-state index in [0.717, 1.165) is 31.7 Å². The molecule has 17 heavy (non-hydrogen) atoms. The topological polar surface area (TPSA) is 38.5 Å². The molecule has 1 rings (SSSR count). The van der Waals surface area contributed by atoms with Crippen LogP contribution in [0.2, 0.25) is 0 Å². The van der Waals surface area contributed by atoms with E-state index in [1.54, 1.807) is 7.11 Å². The molecule has 1 saturated carbocycles. The Morgan fingerprint density at radius 2 is 2.06 bits per heavy atom. The lowest BCUT2D eigenvalue weighted by Crippen LogP contribution is -2.54. The molecule has 0 aliphatic heterocycles. The summed E-state index contributed by atoms with van der Waals surface area (Å²) < 4.78 is 5.23. The van der Waals surface area contributed by atoms with E-state index in [2.05, 4.69) is 25.7 Å². The van der Waals surface area contributed by atoms with E-state index in [9.17, 15) is 0 Å². The minimum absolute atomic E-state index is 0.157. The Labute approximate surface area is 107 Å². The van der Waals surface area contributed by atoms with E-state index in [-0.39, 0.29) is 5.54 Å². The number of nitrogens with two attached hydrogens (primary N) is 1. The Morgan fingerprint density at radius 3 is 2.47 bits per heavy atom. The van der Waals surface area contributed by atoms with Crippen molar-refractivity contribution in [1.82, 2.24) is 4.90 Å². The highest BCUT2D eigenvalue weighted by Crippen LogP contribution is 2.35. The van der Waals surface area contributed by atoms with E-state index in [4.69, 9.17) is 10.5 Å². The predicted octanol–water partition coefficient (Wildman–Crippen LogP) is 2.25. The van der Waals surface area contributed by atoms with E-state index in [1.165, 1.54) is 25.7 Å². The van der Waals surface area contributed by atoms with E-state index in [1.807, 2.05) is 0 Å². The molecule has 0 amide bonds. The third kappa shape index (κ3) is 4.57. The van der Waals surface area contributed by atoms with Crippen LogP contribution in [0.25, 0.3) is 0 Å². The molecule has 0 heterocycles. The fourth-order valence-electron chi connectivity index (χ4n) is 2.43. The van der Waals surface area contributed by atoms with Crippen LogP contribution in [0.1, 0.15) is 46.5 Å². The first kappa shape index (κ1) is 14.9. The molecular weight excluding hydrogens is 212 g/mol. The summed E-state index contributed by atoms with van der Waals surface area (Å²) in [4.78, 5) is 2.60. The molecule has 1 unspecified atom stereocenters. The zero-order valence-electron chi connectivity index (χ0n) is 12.0. The predicted molar refractivity (Wildman–Crippen MR) is 73.1 cm³/mol. The summed E-state index contributed by atoms with van der Waals surface area (Å²) in [5, 5.41) is 0. The second-order valence-corrected chi connectivity index (χ2v) is 6.05. The Balaban J connectivity index is 2.57. The van der Waals surface area contributed by atoms with Gasteiger partial charge in [0, 0.05) is 31.8 Å². The molecule has 1 fully saturated rings. The van der Waals surface area contributed by atoms with Gasteiger partial charge in [-0.15, -0.1) is 0 Å². The number of nitrogens with zero attached hydrogens (tertiary/aromatic N) is 1. The smallest absolute Gasteiger partial charge is 0.0590 e. The summed E-state index contributed by atoms with van der Waals surface area (Å²) >= 11 is 0. The average molecular weight is 242 g/mol. The molecule has 1 atom stereocenters. The molecule has 1 aliphatic rings. The third-order valence-electron chi connectivity index (χ3n) is 3.92. The summed E-state index contributed by atoms with van der Waals surface area (Å²) in [6.45, 7) is 9.48. The van der Waals surface area contributed by atoms with Crippen molar-refractivity contribution < 1.29 is 4.74 Å². The lowest BCUT2D eigenvalue weighted by molar-refractivity contribution is 0.0544. The first-order valence-corrected chi connectivity index (χ1v) is 6.99. The molecule has 3 nitrogen and oxygen atoms in total. The van der Waals surface area contributed by atoms with Crippen LogP contribution in [0.15, 0.2) is 0 Å². The molecule has 0 spiro atoms. The molecule has 0 radical (unpaired) electrons. The summed E-state index contributed by atoms with van der Waals surface area (Å²) in [7, 11) is 1.78. The lowest BCUT2D eigenvalue weighted by atomic mass is 9.90. The zero-order valence-corrected chi connectivity index (χ0v) is 12.0. The normalized spacial score (nSPS) is 19.9. The minimum atomic E-state index is 0.157. The van der Waals surface area contributed by atoms with Crippen LogP contribution in [0, 0.1) is 5.92 Å². The summed E-state index contributed by atoms with van der Waals surface area (Å²) in [5.41, 5.74) is 6.21. The van der Waals surface area contributed by atoms with Gasteiger partial charge in [0.05, 0.1) is 6.61 Å².